The van der Waals surface area contributed by atoms with Crippen molar-refractivity contribution in [1.82, 2.24) is 0 Å². The van der Waals surface area contributed by atoms with Gasteiger partial charge in [0.25, 0.3) is 0 Å². The normalized spacial score (nSPS) is 11.4. The molecule has 0 heterocycles. The fourth-order valence-corrected chi connectivity index (χ4v) is 2.50. The second-order valence-electron chi connectivity index (χ2n) is 5.37. The quantitative estimate of drug-likeness (QED) is 0.192. The van der Waals surface area contributed by atoms with E-state index in [0.717, 1.165) is 0 Å². The van der Waals surface area contributed by atoms with Gasteiger partial charge in [-0.3, -0.25) is 0 Å². The number of rotatable bonds is 14. The molecule has 18 heavy (non-hydrogen) atoms. The summed E-state index contributed by atoms with van der Waals surface area (Å²) in [4.78, 5) is 0. The van der Waals surface area contributed by atoms with Crippen LogP contribution in [0.5, 0.6) is 0 Å². The third-order valence-electron chi connectivity index (χ3n) is 3.47. The van der Waals surface area contributed by atoms with E-state index in [1.54, 1.807) is 0 Å². The Kier molecular flexibility index (Phi) is 17.3. The molecule has 1 heteroatoms. The monoisotopic (exact) mass is 270 g/mol. The van der Waals surface area contributed by atoms with E-state index in [1.165, 1.54) is 89.6 Å². The number of hydrogen-bond donors (Lipinski definition) is 0. The van der Waals surface area contributed by atoms with Gasteiger partial charge in [-0.2, -0.15) is 0 Å². The van der Waals surface area contributed by atoms with E-state index in [2.05, 4.69) is 28.3 Å². The molecule has 0 nitrogen and oxygen atoms in total. The van der Waals surface area contributed by atoms with E-state index in [4.69, 9.17) is 0 Å². The van der Waals surface area contributed by atoms with Crippen molar-refractivity contribution in [2.24, 2.45) is 0 Å². The summed E-state index contributed by atoms with van der Waals surface area (Å²) in [5.74, 6) is 0. The predicted octanol–water partition coefficient (Wildman–Crippen LogP) is 6.51. The van der Waals surface area contributed by atoms with Crippen LogP contribution in [0.4, 0.5) is 0 Å². The average molecular weight is 270 g/mol. The lowest BCUT2D eigenvalue weighted by Crippen LogP contribution is -1.79. The van der Waals surface area contributed by atoms with Gasteiger partial charge in [-0.05, 0) is 38.3 Å². The average Bonchev–Trinajstić information content (AvgIpc) is 2.39. The van der Waals surface area contributed by atoms with Crippen molar-refractivity contribution in [3.8, 4) is 0 Å². The van der Waals surface area contributed by atoms with Crippen molar-refractivity contribution < 1.29 is 0 Å². The molecule has 0 spiro atoms. The van der Waals surface area contributed by atoms with Crippen LogP contribution >= 0.6 is 9.24 Å². The zero-order chi connectivity index (χ0) is 13.3. The lowest BCUT2D eigenvalue weighted by atomic mass is 10.1. The maximum Gasteiger partial charge on any atom is -0.0351 e. The zero-order valence-electron chi connectivity index (χ0n) is 12.6. The summed E-state index contributed by atoms with van der Waals surface area (Å²) >= 11 is 0. The van der Waals surface area contributed by atoms with Gasteiger partial charge in [0.1, 0.15) is 0 Å². The topological polar surface area (TPSA) is 0 Å². The lowest BCUT2D eigenvalue weighted by molar-refractivity contribution is 0.610. The molecule has 0 aliphatic carbocycles. The van der Waals surface area contributed by atoms with Crippen LogP contribution in [-0.2, 0) is 0 Å². The molecule has 0 N–H and O–H groups in total. The Balaban J connectivity index is 3.00. The first-order valence-corrected chi connectivity index (χ1v) is 9.08. The Morgan fingerprint density at radius 3 is 1.56 bits per heavy atom. The van der Waals surface area contributed by atoms with Gasteiger partial charge in [-0.25, -0.2) is 0 Å². The Hall–Kier alpha value is 0.170. The minimum atomic E-state index is 1.28. The molecule has 0 rings (SSSR count). The second-order valence-corrected chi connectivity index (χ2v) is 5.95. The standard InChI is InChI=1S/C17H35P/c1-2-3-4-5-6-7-8-9-10-11-12-13-14-15-16-17-18/h9-10H,2-8,11-18H2,1H3/b10-9+. The highest BCUT2D eigenvalue weighted by Gasteiger charge is 1.89. The van der Waals surface area contributed by atoms with Crippen molar-refractivity contribution in [2.75, 3.05) is 6.16 Å². The van der Waals surface area contributed by atoms with E-state index in [-0.39, 0.29) is 0 Å². The Bertz CT molecular complexity index is 145. The number of hydrogen-bond acceptors (Lipinski definition) is 0. The maximum absolute atomic E-state index is 2.81. The highest BCUT2D eigenvalue weighted by molar-refractivity contribution is 7.16. The van der Waals surface area contributed by atoms with Crippen LogP contribution in [0.3, 0.4) is 0 Å². The van der Waals surface area contributed by atoms with Crippen molar-refractivity contribution in [3.05, 3.63) is 12.2 Å². The van der Waals surface area contributed by atoms with Crippen LogP contribution in [0.25, 0.3) is 0 Å². The summed E-state index contributed by atoms with van der Waals surface area (Å²) in [5, 5.41) is 0. The third-order valence-corrected chi connectivity index (χ3v) is 3.87. The molecule has 1 atom stereocenters. The smallest absolute Gasteiger partial charge is 0.0351 e. The van der Waals surface area contributed by atoms with Gasteiger partial charge in [0.15, 0.2) is 0 Å². The van der Waals surface area contributed by atoms with E-state index < -0.39 is 0 Å². The van der Waals surface area contributed by atoms with Gasteiger partial charge in [-0.1, -0.05) is 70.4 Å². The minimum Gasteiger partial charge on any atom is -0.138 e. The maximum atomic E-state index is 2.81. The first kappa shape index (κ1) is 18.2. The minimum absolute atomic E-state index is 1.28. The first-order valence-electron chi connectivity index (χ1n) is 8.27. The van der Waals surface area contributed by atoms with Crippen LogP contribution in [0.1, 0.15) is 90.4 Å². The largest absolute Gasteiger partial charge is 0.138 e. The molecular formula is C17H35P. The molecule has 0 aromatic heterocycles. The zero-order valence-corrected chi connectivity index (χ0v) is 13.8. The van der Waals surface area contributed by atoms with E-state index in [9.17, 15) is 0 Å². The predicted molar refractivity (Wildman–Crippen MR) is 89.4 cm³/mol. The fraction of sp³-hybridized carbons (Fsp3) is 0.882. The molecule has 0 amide bonds. The molecule has 0 aromatic rings. The van der Waals surface area contributed by atoms with Crippen LogP contribution in [0.2, 0.25) is 0 Å². The SMILES string of the molecule is CCCCCCCC/C=C/CCCCCCCP. The van der Waals surface area contributed by atoms with Gasteiger partial charge in [0.05, 0.1) is 0 Å². The molecule has 1 unspecified atom stereocenters. The molecular weight excluding hydrogens is 235 g/mol. The Morgan fingerprint density at radius 1 is 0.611 bits per heavy atom. The van der Waals surface area contributed by atoms with Gasteiger partial charge in [0, 0.05) is 0 Å². The molecule has 108 valence electrons. The summed E-state index contributed by atoms with van der Waals surface area (Å²) in [5.41, 5.74) is 0. The summed E-state index contributed by atoms with van der Waals surface area (Å²) < 4.78 is 0. The molecule has 0 radical (unpaired) electrons. The van der Waals surface area contributed by atoms with Gasteiger partial charge >= 0.3 is 0 Å². The van der Waals surface area contributed by atoms with Crippen LogP contribution in [0.15, 0.2) is 12.2 Å². The van der Waals surface area contributed by atoms with Crippen molar-refractivity contribution in [3.63, 3.8) is 0 Å². The third kappa shape index (κ3) is 16.2. The molecule has 0 fully saturated rings. The van der Waals surface area contributed by atoms with Crippen LogP contribution in [-0.4, -0.2) is 6.16 Å². The highest BCUT2D eigenvalue weighted by atomic mass is 31.0. The Morgan fingerprint density at radius 2 is 1.06 bits per heavy atom. The molecule has 0 aliphatic rings. The highest BCUT2D eigenvalue weighted by Crippen LogP contribution is 2.09. The van der Waals surface area contributed by atoms with Gasteiger partial charge in [-0.15, -0.1) is 9.24 Å². The van der Waals surface area contributed by atoms with E-state index in [0.29, 0.717) is 0 Å². The van der Waals surface area contributed by atoms with Gasteiger partial charge < -0.3 is 0 Å². The molecule has 0 aromatic carbocycles. The van der Waals surface area contributed by atoms with Crippen molar-refractivity contribution in [2.45, 2.75) is 90.4 Å². The number of allylic oxidation sites excluding steroid dienone is 2. The summed E-state index contributed by atoms with van der Waals surface area (Å²) in [7, 11) is 2.81. The van der Waals surface area contributed by atoms with Crippen LogP contribution < -0.4 is 0 Å². The van der Waals surface area contributed by atoms with Gasteiger partial charge in [0.2, 0.25) is 0 Å². The second kappa shape index (κ2) is 17.2. The summed E-state index contributed by atoms with van der Waals surface area (Å²) in [6, 6.07) is 0. The molecule has 0 saturated heterocycles. The fourth-order valence-electron chi connectivity index (χ4n) is 2.22. The first-order chi connectivity index (χ1) is 8.91. The molecule has 0 bridgehead atoms. The van der Waals surface area contributed by atoms with Crippen molar-refractivity contribution in [1.29, 1.82) is 0 Å². The molecule has 0 saturated carbocycles. The summed E-state index contributed by atoms with van der Waals surface area (Å²) in [6.07, 6.45) is 24.2. The summed E-state index contributed by atoms with van der Waals surface area (Å²) in [6.45, 7) is 2.28. The Labute approximate surface area is 118 Å². The van der Waals surface area contributed by atoms with E-state index in [1.807, 2.05) is 0 Å². The lowest BCUT2D eigenvalue weighted by Gasteiger charge is -1.98. The van der Waals surface area contributed by atoms with Crippen molar-refractivity contribution >= 4 is 9.24 Å². The van der Waals surface area contributed by atoms with Crippen LogP contribution in [0, 0.1) is 0 Å². The molecule has 0 aliphatic heterocycles. The number of unbranched alkanes of at least 4 members (excludes halogenated alkanes) is 11. The van der Waals surface area contributed by atoms with E-state index >= 15 is 0 Å².